The Morgan fingerprint density at radius 1 is 0.975 bits per heavy atom. The van der Waals surface area contributed by atoms with Gasteiger partial charge in [0, 0.05) is 32.9 Å². The molecule has 10 heteroatoms. The van der Waals surface area contributed by atoms with E-state index in [1.165, 1.54) is 18.2 Å². The molecule has 0 fully saturated rings. The minimum absolute atomic E-state index is 0.0402. The normalized spacial score (nSPS) is 10.9. The molecule has 0 spiro atoms. The maximum absolute atomic E-state index is 12.9. The average molecular weight is 619 g/mol. The van der Waals surface area contributed by atoms with Crippen LogP contribution in [0.4, 0.5) is 11.4 Å². The van der Waals surface area contributed by atoms with Gasteiger partial charge in [0.15, 0.2) is 0 Å². The number of nitrogens with one attached hydrogen (secondary N) is 1. The lowest BCUT2D eigenvalue weighted by molar-refractivity contribution is -0.384. The van der Waals surface area contributed by atoms with Crippen LogP contribution in [0.1, 0.15) is 16.7 Å². The number of halogens is 2. The van der Waals surface area contributed by atoms with Crippen LogP contribution in [0.5, 0.6) is 11.5 Å². The lowest BCUT2D eigenvalue weighted by Crippen LogP contribution is -2.13. The molecule has 0 saturated carbocycles. The first-order valence-electron chi connectivity index (χ1n) is 11.9. The van der Waals surface area contributed by atoms with Crippen molar-refractivity contribution in [3.8, 4) is 17.6 Å². The van der Waals surface area contributed by atoms with Crippen LogP contribution in [0.2, 0.25) is 5.02 Å². The van der Waals surface area contributed by atoms with Crippen LogP contribution < -0.4 is 14.8 Å². The van der Waals surface area contributed by atoms with Gasteiger partial charge in [-0.3, -0.25) is 14.9 Å². The Morgan fingerprint density at radius 2 is 1.70 bits per heavy atom. The Morgan fingerprint density at radius 3 is 2.40 bits per heavy atom. The summed E-state index contributed by atoms with van der Waals surface area (Å²) in [6, 6.07) is 27.3. The first-order valence-corrected chi connectivity index (χ1v) is 13.0. The maximum Gasteiger partial charge on any atom is 0.269 e. The SMILES string of the molecule is N#C/C(=C\c1cc(Br)ccc1OCc1cccc([N+](=O)[O-])c1)C(=O)Nc1ccc(OCc2ccc(Cl)cc2)cc1. The summed E-state index contributed by atoms with van der Waals surface area (Å²) in [6.07, 6.45) is 1.42. The Hall–Kier alpha value is -4.65. The van der Waals surface area contributed by atoms with Crippen LogP contribution in [0.3, 0.4) is 0 Å². The highest BCUT2D eigenvalue weighted by Gasteiger charge is 2.13. The number of hydrogen-bond donors (Lipinski definition) is 1. The Kier molecular flexibility index (Phi) is 9.52. The highest BCUT2D eigenvalue weighted by Crippen LogP contribution is 2.27. The van der Waals surface area contributed by atoms with Crippen LogP contribution in [0.25, 0.3) is 6.08 Å². The van der Waals surface area contributed by atoms with Crippen molar-refractivity contribution in [3.05, 3.63) is 133 Å². The van der Waals surface area contributed by atoms with E-state index >= 15 is 0 Å². The maximum atomic E-state index is 12.9. The van der Waals surface area contributed by atoms with Crippen LogP contribution in [-0.4, -0.2) is 10.8 Å². The molecule has 1 amide bonds. The van der Waals surface area contributed by atoms with E-state index < -0.39 is 10.8 Å². The van der Waals surface area contributed by atoms with Gasteiger partial charge in [0.1, 0.15) is 36.4 Å². The topological polar surface area (TPSA) is 114 Å². The molecular weight excluding hydrogens is 598 g/mol. The molecule has 8 nitrogen and oxygen atoms in total. The van der Waals surface area contributed by atoms with Gasteiger partial charge in [-0.2, -0.15) is 5.26 Å². The van der Waals surface area contributed by atoms with E-state index in [-0.39, 0.29) is 17.9 Å². The van der Waals surface area contributed by atoms with Gasteiger partial charge in [0.25, 0.3) is 11.6 Å². The molecule has 0 aliphatic carbocycles. The van der Waals surface area contributed by atoms with E-state index in [0.29, 0.717) is 44.4 Å². The van der Waals surface area contributed by atoms with E-state index in [9.17, 15) is 20.2 Å². The summed E-state index contributed by atoms with van der Waals surface area (Å²) < 4.78 is 12.4. The van der Waals surface area contributed by atoms with Gasteiger partial charge in [-0.05, 0) is 71.8 Å². The monoisotopic (exact) mass is 617 g/mol. The molecule has 0 aliphatic heterocycles. The van der Waals surface area contributed by atoms with Crippen LogP contribution in [0.15, 0.2) is 101 Å². The molecule has 200 valence electrons. The van der Waals surface area contributed by atoms with Gasteiger partial charge in [-0.1, -0.05) is 51.8 Å². The lowest BCUT2D eigenvalue weighted by Gasteiger charge is -2.11. The second-order valence-corrected chi connectivity index (χ2v) is 9.81. The first-order chi connectivity index (χ1) is 19.3. The van der Waals surface area contributed by atoms with Crippen molar-refractivity contribution in [2.75, 3.05) is 5.32 Å². The fraction of sp³-hybridized carbons (Fsp3) is 0.0667. The molecule has 0 aliphatic rings. The molecule has 0 heterocycles. The highest BCUT2D eigenvalue weighted by molar-refractivity contribution is 9.10. The third-order valence-electron chi connectivity index (χ3n) is 5.58. The van der Waals surface area contributed by atoms with Crippen molar-refractivity contribution in [1.82, 2.24) is 0 Å². The Bertz CT molecular complexity index is 1600. The number of nitrogens with zero attached hydrogens (tertiary/aromatic N) is 2. The van der Waals surface area contributed by atoms with Crippen molar-refractivity contribution in [2.45, 2.75) is 13.2 Å². The minimum Gasteiger partial charge on any atom is -0.489 e. The van der Waals surface area contributed by atoms with E-state index in [1.54, 1.807) is 66.7 Å². The molecule has 0 unspecified atom stereocenters. The summed E-state index contributed by atoms with van der Waals surface area (Å²) in [4.78, 5) is 23.5. The molecule has 0 radical (unpaired) electrons. The van der Waals surface area contributed by atoms with Gasteiger partial charge >= 0.3 is 0 Å². The number of nitro groups is 1. The van der Waals surface area contributed by atoms with Crippen molar-refractivity contribution in [2.24, 2.45) is 0 Å². The third-order valence-corrected chi connectivity index (χ3v) is 6.33. The minimum atomic E-state index is -0.595. The highest BCUT2D eigenvalue weighted by atomic mass is 79.9. The van der Waals surface area contributed by atoms with Gasteiger partial charge in [0.05, 0.1) is 4.92 Å². The number of non-ortho nitro benzene ring substituents is 1. The number of ether oxygens (including phenoxy) is 2. The zero-order valence-electron chi connectivity index (χ0n) is 20.8. The van der Waals surface area contributed by atoms with Gasteiger partial charge < -0.3 is 14.8 Å². The molecule has 0 atom stereocenters. The van der Waals surface area contributed by atoms with Crippen LogP contribution in [0, 0.1) is 21.4 Å². The molecule has 1 N–H and O–H groups in total. The summed E-state index contributed by atoms with van der Waals surface area (Å²) in [7, 11) is 0. The Labute approximate surface area is 243 Å². The van der Waals surface area contributed by atoms with Crippen molar-refractivity contribution < 1.29 is 19.2 Å². The molecule has 0 saturated heterocycles. The van der Waals surface area contributed by atoms with Crippen molar-refractivity contribution in [1.29, 1.82) is 5.26 Å². The van der Waals surface area contributed by atoms with Crippen molar-refractivity contribution >= 4 is 50.9 Å². The second-order valence-electron chi connectivity index (χ2n) is 8.46. The molecule has 40 heavy (non-hydrogen) atoms. The largest absolute Gasteiger partial charge is 0.489 e. The Balaban J connectivity index is 1.43. The number of benzene rings is 4. The zero-order chi connectivity index (χ0) is 28.5. The summed E-state index contributed by atoms with van der Waals surface area (Å²) in [5.41, 5.74) is 2.36. The number of carbonyl (C=O) groups is 1. The lowest BCUT2D eigenvalue weighted by atomic mass is 10.1. The summed E-state index contributed by atoms with van der Waals surface area (Å²) >= 11 is 9.30. The quantitative estimate of drug-likeness (QED) is 0.0842. The van der Waals surface area contributed by atoms with E-state index in [4.69, 9.17) is 21.1 Å². The van der Waals surface area contributed by atoms with Gasteiger partial charge in [0.2, 0.25) is 0 Å². The molecule has 4 aromatic rings. The van der Waals surface area contributed by atoms with Crippen LogP contribution in [-0.2, 0) is 18.0 Å². The van der Waals surface area contributed by atoms with Crippen molar-refractivity contribution in [3.63, 3.8) is 0 Å². The molecule has 4 aromatic carbocycles. The third kappa shape index (κ3) is 7.93. The summed E-state index contributed by atoms with van der Waals surface area (Å²) in [5, 5.41) is 24.1. The number of carbonyl (C=O) groups excluding carboxylic acids is 1. The smallest absolute Gasteiger partial charge is 0.269 e. The predicted molar refractivity (Wildman–Crippen MR) is 156 cm³/mol. The first kappa shape index (κ1) is 28.4. The van der Waals surface area contributed by atoms with Gasteiger partial charge in [-0.25, -0.2) is 0 Å². The van der Waals surface area contributed by atoms with E-state index in [1.807, 2.05) is 18.2 Å². The predicted octanol–water partition coefficient (Wildman–Crippen LogP) is 7.71. The molecular formula is C30H21BrClN3O5. The fourth-order valence-corrected chi connectivity index (χ4v) is 4.07. The number of nitriles is 1. The standard InChI is InChI=1S/C30H21BrClN3O5/c31-24-6-13-29(40-19-21-2-1-3-27(14-21)35(37)38)22(16-24)15-23(17-33)30(36)34-26-9-11-28(12-10-26)39-18-20-4-7-25(32)8-5-20/h1-16H,18-19H2,(H,34,36)/b23-15+. The molecule has 0 aromatic heterocycles. The number of anilines is 1. The summed E-state index contributed by atoms with van der Waals surface area (Å²) in [5.74, 6) is 0.419. The number of hydrogen-bond acceptors (Lipinski definition) is 6. The van der Waals surface area contributed by atoms with Gasteiger partial charge in [-0.15, -0.1) is 0 Å². The molecule has 4 rings (SSSR count). The van der Waals surface area contributed by atoms with E-state index in [2.05, 4.69) is 21.2 Å². The summed E-state index contributed by atoms with van der Waals surface area (Å²) in [6.45, 7) is 0.424. The second kappa shape index (κ2) is 13.4. The number of rotatable bonds is 10. The zero-order valence-corrected chi connectivity index (χ0v) is 23.2. The number of nitro benzene ring substituents is 1. The average Bonchev–Trinajstić information content (AvgIpc) is 2.96. The molecule has 0 bridgehead atoms. The van der Waals surface area contributed by atoms with Crippen LogP contribution >= 0.6 is 27.5 Å². The van der Waals surface area contributed by atoms with E-state index in [0.717, 1.165) is 5.56 Å². The number of amides is 1. The fourth-order valence-electron chi connectivity index (χ4n) is 3.57.